The van der Waals surface area contributed by atoms with Crippen molar-refractivity contribution in [3.63, 3.8) is 0 Å². The Bertz CT molecular complexity index is 993. The van der Waals surface area contributed by atoms with Crippen LogP contribution in [0.2, 0.25) is 0 Å². The Balaban J connectivity index is 1.40. The van der Waals surface area contributed by atoms with Crippen molar-refractivity contribution in [2.45, 2.75) is 38.3 Å². The van der Waals surface area contributed by atoms with Crippen molar-refractivity contribution < 1.29 is 23.5 Å². The Hall–Kier alpha value is -3.13. The molecule has 0 spiro atoms. The number of rotatable bonds is 8. The highest BCUT2D eigenvalue weighted by molar-refractivity contribution is 5.95. The molecule has 0 bridgehead atoms. The van der Waals surface area contributed by atoms with E-state index in [1.807, 2.05) is 4.90 Å². The van der Waals surface area contributed by atoms with Crippen molar-refractivity contribution in [3.8, 4) is 11.5 Å². The van der Waals surface area contributed by atoms with Gasteiger partial charge in [-0.2, -0.15) is 0 Å². The lowest BCUT2D eigenvalue weighted by atomic mass is 9.94. The van der Waals surface area contributed by atoms with Crippen molar-refractivity contribution >= 4 is 11.8 Å². The molecule has 188 valence electrons. The first-order valence-corrected chi connectivity index (χ1v) is 12.3. The summed E-state index contributed by atoms with van der Waals surface area (Å²) in [5, 5.41) is 3.07. The number of hydrogen-bond donors (Lipinski definition) is 1. The number of carbonyl (C=O) groups is 2. The van der Waals surface area contributed by atoms with E-state index in [1.165, 1.54) is 12.1 Å². The van der Waals surface area contributed by atoms with Crippen molar-refractivity contribution in [1.82, 2.24) is 15.1 Å². The number of benzene rings is 2. The maximum absolute atomic E-state index is 13.3. The second kappa shape index (κ2) is 11.5. The van der Waals surface area contributed by atoms with Gasteiger partial charge in [0.25, 0.3) is 5.91 Å². The zero-order chi connectivity index (χ0) is 24.8. The maximum atomic E-state index is 13.3. The van der Waals surface area contributed by atoms with Gasteiger partial charge in [0.15, 0.2) is 0 Å². The van der Waals surface area contributed by atoms with Crippen LogP contribution in [-0.2, 0) is 11.3 Å². The quantitative estimate of drug-likeness (QED) is 0.623. The van der Waals surface area contributed by atoms with E-state index in [0.717, 1.165) is 31.2 Å². The summed E-state index contributed by atoms with van der Waals surface area (Å²) in [5.74, 6) is 1.12. The number of nitrogens with one attached hydrogen (secondary N) is 1. The molecule has 8 heteroatoms. The van der Waals surface area contributed by atoms with Crippen molar-refractivity contribution in [2.24, 2.45) is 5.92 Å². The van der Waals surface area contributed by atoms with Gasteiger partial charge in [0.1, 0.15) is 17.3 Å². The van der Waals surface area contributed by atoms with Crippen LogP contribution in [0, 0.1) is 11.7 Å². The number of hydrogen-bond acceptors (Lipinski definition) is 5. The second-order valence-corrected chi connectivity index (χ2v) is 9.26. The van der Waals surface area contributed by atoms with E-state index in [-0.39, 0.29) is 23.7 Å². The van der Waals surface area contributed by atoms with Crippen LogP contribution in [0.5, 0.6) is 11.5 Å². The molecule has 2 amide bonds. The Morgan fingerprint density at radius 1 is 0.971 bits per heavy atom. The maximum Gasteiger partial charge on any atom is 0.254 e. The minimum atomic E-state index is -0.288. The summed E-state index contributed by atoms with van der Waals surface area (Å²) < 4.78 is 23.8. The number of piperazine rings is 1. The molecular formula is C27H34FN3O4. The molecule has 2 aromatic rings. The van der Waals surface area contributed by atoms with Gasteiger partial charge < -0.3 is 19.7 Å². The number of ether oxygens (including phenoxy) is 2. The molecule has 2 aromatic carbocycles. The van der Waals surface area contributed by atoms with E-state index in [0.29, 0.717) is 55.7 Å². The standard InChI is InChI=1S/C27H34FN3O4/c1-34-23-15-21(16-24(17-23)35-2)27(33)31-13-11-30(12-14-31)25(20-5-3-4-6-20)26(32)29-18-19-7-9-22(28)10-8-19/h7-10,15-17,20,25H,3-6,11-14,18H2,1-2H3,(H,29,32). The van der Waals surface area contributed by atoms with Crippen LogP contribution >= 0.6 is 0 Å². The average molecular weight is 484 g/mol. The molecule has 1 unspecified atom stereocenters. The fourth-order valence-corrected chi connectivity index (χ4v) is 5.16. The van der Waals surface area contributed by atoms with E-state index in [9.17, 15) is 14.0 Å². The van der Waals surface area contributed by atoms with Crippen LogP contribution < -0.4 is 14.8 Å². The zero-order valence-corrected chi connectivity index (χ0v) is 20.5. The van der Waals surface area contributed by atoms with Gasteiger partial charge in [-0.15, -0.1) is 0 Å². The number of nitrogens with zero attached hydrogens (tertiary/aromatic N) is 2. The van der Waals surface area contributed by atoms with Crippen LogP contribution in [-0.4, -0.2) is 68.1 Å². The van der Waals surface area contributed by atoms with Crippen LogP contribution in [0.3, 0.4) is 0 Å². The monoisotopic (exact) mass is 483 g/mol. The number of amides is 2. The highest BCUT2D eigenvalue weighted by atomic mass is 19.1. The highest BCUT2D eigenvalue weighted by Gasteiger charge is 2.37. The van der Waals surface area contributed by atoms with E-state index >= 15 is 0 Å². The minimum Gasteiger partial charge on any atom is -0.497 e. The fraction of sp³-hybridized carbons (Fsp3) is 0.481. The lowest BCUT2D eigenvalue weighted by Gasteiger charge is -2.40. The minimum absolute atomic E-state index is 0.0125. The van der Waals surface area contributed by atoms with Gasteiger partial charge in [-0.3, -0.25) is 14.5 Å². The normalized spacial score (nSPS) is 17.7. The molecule has 1 saturated carbocycles. The smallest absolute Gasteiger partial charge is 0.254 e. The van der Waals surface area contributed by atoms with Gasteiger partial charge >= 0.3 is 0 Å². The molecule has 2 fully saturated rings. The van der Waals surface area contributed by atoms with Gasteiger partial charge in [-0.1, -0.05) is 25.0 Å². The summed E-state index contributed by atoms with van der Waals surface area (Å²) in [7, 11) is 3.12. The summed E-state index contributed by atoms with van der Waals surface area (Å²) >= 11 is 0. The highest BCUT2D eigenvalue weighted by Crippen LogP contribution is 2.31. The summed E-state index contributed by atoms with van der Waals surface area (Å²) in [5.41, 5.74) is 1.40. The summed E-state index contributed by atoms with van der Waals surface area (Å²) in [4.78, 5) is 30.5. The Morgan fingerprint density at radius 2 is 1.57 bits per heavy atom. The molecule has 1 atom stereocenters. The van der Waals surface area contributed by atoms with Gasteiger partial charge in [0.05, 0.1) is 20.3 Å². The van der Waals surface area contributed by atoms with Crippen molar-refractivity contribution in [3.05, 3.63) is 59.4 Å². The first kappa shape index (κ1) is 25.0. The Kier molecular flexibility index (Phi) is 8.23. The van der Waals surface area contributed by atoms with Crippen LogP contribution in [0.4, 0.5) is 4.39 Å². The van der Waals surface area contributed by atoms with Crippen LogP contribution in [0.25, 0.3) is 0 Å². The van der Waals surface area contributed by atoms with E-state index in [4.69, 9.17) is 9.47 Å². The molecular weight excluding hydrogens is 449 g/mol. The predicted molar refractivity (Wildman–Crippen MR) is 131 cm³/mol. The molecule has 35 heavy (non-hydrogen) atoms. The average Bonchev–Trinajstić information content (AvgIpc) is 3.42. The predicted octanol–water partition coefficient (Wildman–Crippen LogP) is 3.48. The summed E-state index contributed by atoms with van der Waals surface area (Å²) in [6, 6.07) is 11.2. The largest absolute Gasteiger partial charge is 0.497 e. The molecule has 0 aromatic heterocycles. The third-order valence-corrected chi connectivity index (χ3v) is 7.09. The number of halogens is 1. The molecule has 2 aliphatic rings. The molecule has 1 aliphatic heterocycles. The lowest BCUT2D eigenvalue weighted by Crippen LogP contribution is -2.57. The molecule has 1 heterocycles. The van der Waals surface area contributed by atoms with Crippen molar-refractivity contribution in [2.75, 3.05) is 40.4 Å². The zero-order valence-electron chi connectivity index (χ0n) is 20.5. The first-order valence-electron chi connectivity index (χ1n) is 12.3. The molecule has 1 saturated heterocycles. The summed E-state index contributed by atoms with van der Waals surface area (Å²) in [6.07, 6.45) is 4.36. The molecule has 1 N–H and O–H groups in total. The van der Waals surface area contributed by atoms with E-state index < -0.39 is 0 Å². The summed E-state index contributed by atoms with van der Waals surface area (Å²) in [6.45, 7) is 2.74. The third kappa shape index (κ3) is 6.11. The van der Waals surface area contributed by atoms with Crippen LogP contribution in [0.15, 0.2) is 42.5 Å². The molecule has 1 aliphatic carbocycles. The molecule has 4 rings (SSSR count). The van der Waals surface area contributed by atoms with Crippen molar-refractivity contribution in [1.29, 1.82) is 0 Å². The second-order valence-electron chi connectivity index (χ2n) is 9.26. The molecule has 0 radical (unpaired) electrons. The fourth-order valence-electron chi connectivity index (χ4n) is 5.16. The van der Waals surface area contributed by atoms with E-state index in [2.05, 4.69) is 10.2 Å². The first-order chi connectivity index (χ1) is 17.0. The third-order valence-electron chi connectivity index (χ3n) is 7.09. The number of carbonyl (C=O) groups excluding carboxylic acids is 2. The SMILES string of the molecule is COc1cc(OC)cc(C(=O)N2CCN(C(C(=O)NCc3ccc(F)cc3)C3CCCC3)CC2)c1. The van der Waals surface area contributed by atoms with E-state index in [1.54, 1.807) is 44.6 Å². The lowest BCUT2D eigenvalue weighted by molar-refractivity contribution is -0.129. The Morgan fingerprint density at radius 3 is 2.14 bits per heavy atom. The Labute approximate surface area is 206 Å². The molecule has 7 nitrogen and oxygen atoms in total. The van der Waals surface area contributed by atoms with Gasteiger partial charge in [-0.25, -0.2) is 4.39 Å². The van der Waals surface area contributed by atoms with Gasteiger partial charge in [-0.05, 0) is 48.6 Å². The van der Waals surface area contributed by atoms with Gasteiger partial charge in [0.2, 0.25) is 5.91 Å². The topological polar surface area (TPSA) is 71.1 Å². The van der Waals surface area contributed by atoms with Gasteiger partial charge in [0, 0.05) is 44.4 Å². The van der Waals surface area contributed by atoms with Crippen LogP contribution in [0.1, 0.15) is 41.6 Å². The number of methoxy groups -OCH3 is 2.